The lowest BCUT2D eigenvalue weighted by atomic mass is 10.1. The molecule has 6 heteroatoms. The van der Waals surface area contributed by atoms with Gasteiger partial charge in [-0.25, -0.2) is 15.0 Å². The van der Waals surface area contributed by atoms with E-state index >= 15 is 0 Å². The van der Waals surface area contributed by atoms with Crippen LogP contribution >= 0.6 is 0 Å². The number of fused-ring (bicyclic) bond motifs is 9. The van der Waals surface area contributed by atoms with Gasteiger partial charge in [-0.3, -0.25) is 0 Å². The average molecular weight is 654 g/mol. The second-order valence-electron chi connectivity index (χ2n) is 12.9. The van der Waals surface area contributed by atoms with E-state index in [4.69, 9.17) is 19.4 Å². The molecule has 11 rings (SSSR count). The number of rotatable bonds is 4. The highest BCUT2D eigenvalue weighted by Crippen LogP contribution is 2.37. The van der Waals surface area contributed by atoms with Gasteiger partial charge in [-0.2, -0.15) is 0 Å². The monoisotopic (exact) mass is 653 g/mol. The van der Waals surface area contributed by atoms with E-state index in [0.29, 0.717) is 22.3 Å². The molecule has 238 valence electrons. The third-order valence-electron chi connectivity index (χ3n) is 9.99. The molecule has 0 aliphatic heterocycles. The van der Waals surface area contributed by atoms with Crippen molar-refractivity contribution in [3.8, 4) is 33.9 Å². The third-order valence-corrected chi connectivity index (χ3v) is 9.99. The molecule has 5 aromatic heterocycles. The van der Waals surface area contributed by atoms with Crippen LogP contribution in [-0.2, 0) is 0 Å². The number of para-hydroxylation sites is 4. The Morgan fingerprint density at radius 1 is 0.412 bits per heavy atom. The molecule has 0 fully saturated rings. The van der Waals surface area contributed by atoms with Crippen LogP contribution in [0.25, 0.3) is 99.8 Å². The molecule has 0 amide bonds. The summed E-state index contributed by atoms with van der Waals surface area (Å²) in [6.07, 6.45) is 1.79. The van der Waals surface area contributed by atoms with Crippen LogP contribution < -0.4 is 0 Å². The van der Waals surface area contributed by atoms with Crippen LogP contribution in [-0.4, -0.2) is 24.1 Å². The largest absolute Gasteiger partial charge is 0.435 e. The summed E-state index contributed by atoms with van der Waals surface area (Å²) in [5, 5.41) is 4.73. The number of nitrogens with zero attached hydrogens (tertiary/aromatic N) is 5. The lowest BCUT2D eigenvalue weighted by molar-refractivity contribution is 0.652. The SMILES string of the molecule is c1ccc(-n2c3ccccc3c3cc(-c4ccc5oc6ncc(-c7ccc8c(c7)c7ccccc7n8-c7ccccc7)nc6c5n4)ccc32)cc1. The first-order chi connectivity index (χ1) is 25.3. The summed E-state index contributed by atoms with van der Waals surface area (Å²) in [7, 11) is 0. The van der Waals surface area contributed by atoms with Crippen LogP contribution in [0.15, 0.2) is 168 Å². The lowest BCUT2D eigenvalue weighted by Crippen LogP contribution is -1.93. The zero-order valence-corrected chi connectivity index (χ0v) is 27.2. The standard InChI is InChI=1S/C45H27N5O/c1-3-11-30(12-4-1)49-38-17-9-7-15-32(38)34-25-28(19-22-40(34)49)36-21-24-42-43(47-36)44-45(51-42)46-27-37(48-44)29-20-23-41-35(26-29)33-16-8-10-18-39(33)50(41)31-13-5-2-6-14-31/h1-27H. The van der Waals surface area contributed by atoms with Crippen molar-refractivity contribution < 1.29 is 4.42 Å². The van der Waals surface area contributed by atoms with Gasteiger partial charge in [0.05, 0.1) is 39.7 Å². The third kappa shape index (κ3) is 4.20. The lowest BCUT2D eigenvalue weighted by Gasteiger charge is -2.08. The summed E-state index contributed by atoms with van der Waals surface area (Å²) in [5.74, 6) is 0. The molecule has 5 heterocycles. The van der Waals surface area contributed by atoms with Crippen LogP contribution in [0.2, 0.25) is 0 Å². The van der Waals surface area contributed by atoms with E-state index in [1.807, 2.05) is 18.2 Å². The fraction of sp³-hybridized carbons (Fsp3) is 0. The molecule has 6 nitrogen and oxygen atoms in total. The molecular formula is C45H27N5O. The van der Waals surface area contributed by atoms with E-state index in [1.165, 1.54) is 21.7 Å². The smallest absolute Gasteiger partial charge is 0.248 e. The Bertz CT molecular complexity index is 2920. The Labute approximate surface area is 291 Å². The number of hydrogen-bond acceptors (Lipinski definition) is 4. The van der Waals surface area contributed by atoms with Crippen molar-refractivity contribution >= 4 is 65.9 Å². The summed E-state index contributed by atoms with van der Waals surface area (Å²) in [6, 6.07) is 55.2. The van der Waals surface area contributed by atoms with E-state index in [2.05, 4.69) is 149 Å². The fourth-order valence-corrected chi connectivity index (χ4v) is 7.68. The molecule has 0 unspecified atom stereocenters. The summed E-state index contributed by atoms with van der Waals surface area (Å²) in [4.78, 5) is 15.0. The minimum atomic E-state index is 0.474. The van der Waals surface area contributed by atoms with Gasteiger partial charge in [-0.15, -0.1) is 0 Å². The van der Waals surface area contributed by atoms with Crippen molar-refractivity contribution in [3.63, 3.8) is 0 Å². The molecule has 0 N–H and O–H groups in total. The van der Waals surface area contributed by atoms with Crippen molar-refractivity contribution in [2.75, 3.05) is 0 Å². The van der Waals surface area contributed by atoms with Gasteiger partial charge in [-0.1, -0.05) is 84.9 Å². The maximum Gasteiger partial charge on any atom is 0.248 e. The molecular weight excluding hydrogens is 627 g/mol. The Hall–Kier alpha value is -7.05. The van der Waals surface area contributed by atoms with Crippen LogP contribution in [0.5, 0.6) is 0 Å². The molecule has 51 heavy (non-hydrogen) atoms. The van der Waals surface area contributed by atoms with Crippen LogP contribution in [0.4, 0.5) is 0 Å². The molecule has 0 aliphatic rings. The van der Waals surface area contributed by atoms with Gasteiger partial charge < -0.3 is 13.6 Å². The first-order valence-electron chi connectivity index (χ1n) is 17.0. The predicted octanol–water partition coefficient (Wildman–Crippen LogP) is 11.3. The first-order valence-corrected chi connectivity index (χ1v) is 17.0. The number of aromatic nitrogens is 5. The molecule has 0 saturated carbocycles. The average Bonchev–Trinajstić information content (AvgIpc) is 3.85. The zero-order chi connectivity index (χ0) is 33.5. The van der Waals surface area contributed by atoms with Gasteiger partial charge >= 0.3 is 0 Å². The molecule has 0 bridgehead atoms. The van der Waals surface area contributed by atoms with Gasteiger partial charge in [-0.05, 0) is 72.8 Å². The van der Waals surface area contributed by atoms with Gasteiger partial charge in [0.1, 0.15) is 5.52 Å². The molecule has 0 radical (unpaired) electrons. The van der Waals surface area contributed by atoms with E-state index in [0.717, 1.165) is 55.8 Å². The van der Waals surface area contributed by atoms with E-state index in [1.54, 1.807) is 6.20 Å². The number of benzene rings is 6. The number of furan rings is 1. The highest BCUT2D eigenvalue weighted by molar-refractivity contribution is 6.12. The maximum atomic E-state index is 6.15. The molecule has 6 aromatic carbocycles. The topological polar surface area (TPSA) is 61.7 Å². The maximum absolute atomic E-state index is 6.15. The quantitative estimate of drug-likeness (QED) is 0.190. The molecule has 0 spiro atoms. The highest BCUT2D eigenvalue weighted by Gasteiger charge is 2.18. The van der Waals surface area contributed by atoms with Crippen molar-refractivity contribution in [1.82, 2.24) is 24.1 Å². The molecule has 0 aliphatic carbocycles. The summed E-state index contributed by atoms with van der Waals surface area (Å²) >= 11 is 0. The normalized spacial score (nSPS) is 11.9. The van der Waals surface area contributed by atoms with Crippen molar-refractivity contribution in [2.24, 2.45) is 0 Å². The molecule has 0 saturated heterocycles. The summed E-state index contributed by atoms with van der Waals surface area (Å²) < 4.78 is 10.8. The minimum Gasteiger partial charge on any atom is -0.435 e. The summed E-state index contributed by atoms with van der Waals surface area (Å²) in [5.41, 5.74) is 13.0. The predicted molar refractivity (Wildman–Crippen MR) is 207 cm³/mol. The first kappa shape index (κ1) is 27.9. The molecule has 11 aromatic rings. The van der Waals surface area contributed by atoms with Crippen LogP contribution in [0.1, 0.15) is 0 Å². The Kier molecular flexibility index (Phi) is 5.86. The van der Waals surface area contributed by atoms with E-state index in [-0.39, 0.29) is 0 Å². The van der Waals surface area contributed by atoms with Gasteiger partial charge in [0, 0.05) is 44.0 Å². The Morgan fingerprint density at radius 2 is 0.922 bits per heavy atom. The van der Waals surface area contributed by atoms with Gasteiger partial charge in [0.25, 0.3) is 0 Å². The molecule has 0 atom stereocenters. The minimum absolute atomic E-state index is 0.474. The van der Waals surface area contributed by atoms with Gasteiger partial charge in [0.15, 0.2) is 11.1 Å². The number of pyridine rings is 1. The number of hydrogen-bond donors (Lipinski definition) is 0. The van der Waals surface area contributed by atoms with Crippen LogP contribution in [0.3, 0.4) is 0 Å². The van der Waals surface area contributed by atoms with Crippen molar-refractivity contribution in [1.29, 1.82) is 0 Å². The highest BCUT2D eigenvalue weighted by atomic mass is 16.3. The van der Waals surface area contributed by atoms with E-state index in [9.17, 15) is 0 Å². The van der Waals surface area contributed by atoms with E-state index < -0.39 is 0 Å². The Balaban J connectivity index is 1.04. The Morgan fingerprint density at radius 3 is 1.53 bits per heavy atom. The fourth-order valence-electron chi connectivity index (χ4n) is 7.68. The summed E-state index contributed by atoms with van der Waals surface area (Å²) in [6.45, 7) is 0. The van der Waals surface area contributed by atoms with Crippen molar-refractivity contribution in [3.05, 3.63) is 164 Å². The van der Waals surface area contributed by atoms with Crippen molar-refractivity contribution in [2.45, 2.75) is 0 Å². The second-order valence-corrected chi connectivity index (χ2v) is 12.9. The van der Waals surface area contributed by atoms with Gasteiger partial charge in [0.2, 0.25) is 5.71 Å². The van der Waals surface area contributed by atoms with Crippen LogP contribution in [0, 0.1) is 0 Å². The second kappa shape index (κ2) is 10.7. The zero-order valence-electron chi connectivity index (χ0n) is 27.2.